The Labute approximate surface area is 159 Å². The molecule has 1 heterocycles. The van der Waals surface area contributed by atoms with E-state index in [0.717, 1.165) is 11.1 Å². The maximum absolute atomic E-state index is 12.8. The third kappa shape index (κ3) is 2.85. The molecular weight excluding hydrogens is 369 g/mol. The quantitative estimate of drug-likeness (QED) is 0.428. The smallest absolute Gasteiger partial charge is 0.231 e. The summed E-state index contributed by atoms with van der Waals surface area (Å²) in [7, 11) is 0. The predicted octanol–water partition coefficient (Wildman–Crippen LogP) is 6.22. The Bertz CT molecular complexity index is 1130. The van der Waals surface area contributed by atoms with Crippen LogP contribution < -0.4 is 5.73 Å². The monoisotopic (exact) mass is 381 g/mol. The first-order chi connectivity index (χ1) is 12.5. The molecule has 0 amide bonds. The van der Waals surface area contributed by atoms with Crippen molar-refractivity contribution in [1.82, 2.24) is 0 Å². The van der Waals surface area contributed by atoms with E-state index >= 15 is 0 Å². The molecule has 3 nitrogen and oxygen atoms in total. The van der Waals surface area contributed by atoms with Crippen molar-refractivity contribution in [2.75, 3.05) is 5.73 Å². The predicted molar refractivity (Wildman–Crippen MR) is 106 cm³/mol. The number of nitrogen functional groups attached to an aromatic ring is 1. The first-order valence-electron chi connectivity index (χ1n) is 7.92. The molecule has 26 heavy (non-hydrogen) atoms. The van der Waals surface area contributed by atoms with Gasteiger partial charge >= 0.3 is 0 Å². The van der Waals surface area contributed by atoms with Crippen molar-refractivity contribution in [3.05, 3.63) is 88.1 Å². The maximum Gasteiger partial charge on any atom is 0.231 e. The Hall–Kier alpha value is -2.75. The van der Waals surface area contributed by atoms with Crippen molar-refractivity contribution in [2.45, 2.75) is 0 Å². The number of benzene rings is 3. The first-order valence-corrected chi connectivity index (χ1v) is 8.67. The molecule has 4 aromatic rings. The van der Waals surface area contributed by atoms with Gasteiger partial charge in [0.1, 0.15) is 5.58 Å². The number of fused-ring (bicyclic) bond motifs is 1. The fraction of sp³-hybridized carbons (Fsp3) is 0. The Balaban J connectivity index is 1.81. The van der Waals surface area contributed by atoms with Crippen molar-refractivity contribution in [1.29, 1.82) is 0 Å². The van der Waals surface area contributed by atoms with Gasteiger partial charge in [-0.1, -0.05) is 59.6 Å². The summed E-state index contributed by atoms with van der Waals surface area (Å²) >= 11 is 12.0. The lowest BCUT2D eigenvalue weighted by Gasteiger charge is -2.02. The fourth-order valence-corrected chi connectivity index (χ4v) is 3.39. The van der Waals surface area contributed by atoms with E-state index in [0.29, 0.717) is 27.2 Å². The summed E-state index contributed by atoms with van der Waals surface area (Å²) < 4.78 is 5.80. The van der Waals surface area contributed by atoms with Crippen LogP contribution in [0.15, 0.2) is 71.1 Å². The van der Waals surface area contributed by atoms with Gasteiger partial charge in [0.05, 0.1) is 10.7 Å². The van der Waals surface area contributed by atoms with Crippen molar-refractivity contribution in [3.63, 3.8) is 0 Å². The summed E-state index contributed by atoms with van der Waals surface area (Å²) in [6.45, 7) is 0. The number of anilines is 1. The molecule has 0 saturated carbocycles. The lowest BCUT2D eigenvalue weighted by molar-refractivity contribution is 0.101. The molecule has 0 radical (unpaired) electrons. The van der Waals surface area contributed by atoms with Crippen LogP contribution in [0.25, 0.3) is 22.1 Å². The highest BCUT2D eigenvalue weighted by atomic mass is 35.5. The largest absolute Gasteiger partial charge is 0.450 e. The number of ketones is 1. The lowest BCUT2D eigenvalue weighted by Crippen LogP contribution is -2.03. The van der Waals surface area contributed by atoms with Crippen LogP contribution in [0.3, 0.4) is 0 Å². The van der Waals surface area contributed by atoms with Crippen molar-refractivity contribution in [3.8, 4) is 11.1 Å². The van der Waals surface area contributed by atoms with Crippen molar-refractivity contribution in [2.24, 2.45) is 0 Å². The summed E-state index contributed by atoms with van der Waals surface area (Å²) in [5, 5.41) is 1.40. The second-order valence-corrected chi connectivity index (χ2v) is 6.72. The third-order valence-corrected chi connectivity index (χ3v) is 4.77. The molecular formula is C21H13Cl2NO2. The van der Waals surface area contributed by atoms with E-state index in [4.69, 9.17) is 33.4 Å². The summed E-state index contributed by atoms with van der Waals surface area (Å²) in [5.74, 6) is -0.295. The van der Waals surface area contributed by atoms with Crippen LogP contribution in [-0.4, -0.2) is 5.78 Å². The summed E-state index contributed by atoms with van der Waals surface area (Å²) in [6.07, 6.45) is 0. The molecule has 3 aromatic carbocycles. The molecule has 0 atom stereocenters. The molecule has 0 unspecified atom stereocenters. The topological polar surface area (TPSA) is 56.2 Å². The zero-order valence-corrected chi connectivity index (χ0v) is 15.0. The highest BCUT2D eigenvalue weighted by Crippen LogP contribution is 2.34. The second-order valence-electron chi connectivity index (χ2n) is 5.88. The summed E-state index contributed by atoms with van der Waals surface area (Å²) in [4.78, 5) is 12.8. The average Bonchev–Trinajstić information content (AvgIpc) is 2.98. The number of hydrogen-bond acceptors (Lipinski definition) is 3. The van der Waals surface area contributed by atoms with Crippen LogP contribution >= 0.6 is 23.2 Å². The molecule has 0 aliphatic rings. The number of rotatable bonds is 3. The van der Waals surface area contributed by atoms with Gasteiger partial charge in [0.25, 0.3) is 0 Å². The van der Waals surface area contributed by atoms with E-state index in [1.54, 1.807) is 12.1 Å². The van der Waals surface area contributed by atoms with Gasteiger partial charge in [-0.2, -0.15) is 0 Å². The van der Waals surface area contributed by atoms with Crippen molar-refractivity contribution >= 4 is 45.6 Å². The van der Waals surface area contributed by atoms with Crippen LogP contribution in [-0.2, 0) is 0 Å². The SMILES string of the molecule is Nc1c(C(=O)c2ccc(Cl)cc2Cl)oc2cc(-c3ccccc3)ccc12. The average molecular weight is 382 g/mol. The molecule has 0 fully saturated rings. The van der Waals surface area contributed by atoms with E-state index in [2.05, 4.69) is 0 Å². The molecule has 0 bridgehead atoms. The number of carbonyl (C=O) groups excluding carboxylic acids is 1. The Morgan fingerprint density at radius 3 is 2.38 bits per heavy atom. The van der Waals surface area contributed by atoms with Crippen LogP contribution in [0.4, 0.5) is 5.69 Å². The van der Waals surface area contributed by atoms with Gasteiger partial charge < -0.3 is 10.2 Å². The molecule has 0 aliphatic heterocycles. The van der Waals surface area contributed by atoms with Gasteiger partial charge in [0, 0.05) is 16.0 Å². The normalized spacial score (nSPS) is 11.0. The summed E-state index contributed by atoms with van der Waals surface area (Å²) in [6, 6.07) is 20.3. The van der Waals surface area contributed by atoms with Gasteiger partial charge in [-0.05, 0) is 41.5 Å². The molecule has 1 aromatic heterocycles. The second kappa shape index (κ2) is 6.52. The maximum atomic E-state index is 12.8. The minimum atomic E-state index is -0.373. The van der Waals surface area contributed by atoms with Gasteiger partial charge in [-0.25, -0.2) is 0 Å². The zero-order valence-electron chi connectivity index (χ0n) is 13.5. The van der Waals surface area contributed by atoms with Crippen LogP contribution in [0.2, 0.25) is 10.0 Å². The first kappa shape index (κ1) is 16.7. The molecule has 128 valence electrons. The molecule has 4 rings (SSSR count). The van der Waals surface area contributed by atoms with Gasteiger partial charge in [-0.3, -0.25) is 4.79 Å². The van der Waals surface area contributed by atoms with Gasteiger partial charge in [0.2, 0.25) is 5.78 Å². The molecule has 0 spiro atoms. The Morgan fingerprint density at radius 2 is 1.65 bits per heavy atom. The van der Waals surface area contributed by atoms with E-state index in [1.165, 1.54) is 6.07 Å². The minimum absolute atomic E-state index is 0.0782. The van der Waals surface area contributed by atoms with Crippen molar-refractivity contribution < 1.29 is 9.21 Å². The van der Waals surface area contributed by atoms with E-state index in [1.807, 2.05) is 48.5 Å². The van der Waals surface area contributed by atoms with Crippen LogP contribution in [0, 0.1) is 0 Å². The van der Waals surface area contributed by atoms with E-state index < -0.39 is 0 Å². The lowest BCUT2D eigenvalue weighted by atomic mass is 10.0. The molecule has 5 heteroatoms. The molecule has 0 saturated heterocycles. The minimum Gasteiger partial charge on any atom is -0.450 e. The van der Waals surface area contributed by atoms with Gasteiger partial charge in [-0.15, -0.1) is 0 Å². The number of furan rings is 1. The number of hydrogen-bond donors (Lipinski definition) is 1. The zero-order chi connectivity index (χ0) is 18.3. The standard InChI is InChI=1S/C21H13Cl2NO2/c22-14-7-9-15(17(23)11-14)20(25)21-19(24)16-8-6-13(10-18(16)26-21)12-4-2-1-3-5-12/h1-11H,24H2. The highest BCUT2D eigenvalue weighted by Gasteiger charge is 2.22. The highest BCUT2D eigenvalue weighted by molar-refractivity contribution is 6.37. The van der Waals surface area contributed by atoms with E-state index in [9.17, 15) is 4.79 Å². The Morgan fingerprint density at radius 1 is 0.885 bits per heavy atom. The number of halogens is 2. The third-order valence-electron chi connectivity index (χ3n) is 4.22. The molecule has 2 N–H and O–H groups in total. The van der Waals surface area contributed by atoms with Gasteiger partial charge in [0.15, 0.2) is 5.76 Å². The number of nitrogens with two attached hydrogens (primary N) is 1. The van der Waals surface area contributed by atoms with Crippen LogP contribution in [0.1, 0.15) is 16.1 Å². The number of carbonyl (C=O) groups is 1. The van der Waals surface area contributed by atoms with Crippen LogP contribution in [0.5, 0.6) is 0 Å². The summed E-state index contributed by atoms with van der Waals surface area (Å²) in [5.41, 5.74) is 9.35. The Kier molecular flexibility index (Phi) is 4.19. The molecule has 0 aliphatic carbocycles. The fourth-order valence-electron chi connectivity index (χ4n) is 2.89. The van der Waals surface area contributed by atoms with E-state index in [-0.39, 0.29) is 16.6 Å².